The summed E-state index contributed by atoms with van der Waals surface area (Å²) < 4.78 is 21.2. The molecule has 0 saturated carbocycles. The van der Waals surface area contributed by atoms with Crippen molar-refractivity contribution < 1.29 is 28.8 Å². The number of carbonyl (C=O) groups is 1. The summed E-state index contributed by atoms with van der Waals surface area (Å²) in [6.45, 7) is 8.96. The van der Waals surface area contributed by atoms with Crippen LogP contribution in [0.2, 0.25) is 0 Å². The lowest BCUT2D eigenvalue weighted by atomic mass is 10.1. The highest BCUT2D eigenvalue weighted by molar-refractivity contribution is 5.89. The molecular weight excluding hydrogens is 252 g/mol. The average Bonchev–Trinajstić information content (AvgIpc) is 2.80. The monoisotopic (exact) mass is 270 g/mol. The van der Waals surface area contributed by atoms with Gasteiger partial charge in [-0.1, -0.05) is 6.58 Å². The van der Waals surface area contributed by atoms with Crippen molar-refractivity contribution >= 4 is 5.97 Å². The Bertz CT molecular complexity index is 425. The summed E-state index contributed by atoms with van der Waals surface area (Å²) in [4.78, 5) is 11.5. The van der Waals surface area contributed by atoms with Crippen LogP contribution in [0, 0.1) is 0 Å². The molecule has 0 aromatic carbocycles. The second-order valence-electron chi connectivity index (χ2n) is 4.80. The summed E-state index contributed by atoms with van der Waals surface area (Å²) in [6.07, 6.45) is -0.654. The van der Waals surface area contributed by atoms with Gasteiger partial charge in [-0.15, -0.1) is 0 Å². The van der Waals surface area contributed by atoms with Crippen molar-refractivity contribution in [3.63, 3.8) is 0 Å². The van der Waals surface area contributed by atoms with E-state index in [1.54, 1.807) is 26.8 Å². The molecule has 1 fully saturated rings. The zero-order valence-corrected chi connectivity index (χ0v) is 11.2. The maximum Gasteiger partial charge on any atom is 0.336 e. The second-order valence-corrected chi connectivity index (χ2v) is 4.80. The third-order valence-corrected chi connectivity index (χ3v) is 2.81. The molecule has 0 bridgehead atoms. The first-order valence-corrected chi connectivity index (χ1v) is 6.12. The molecule has 1 N–H and O–H groups in total. The van der Waals surface area contributed by atoms with E-state index in [4.69, 9.17) is 18.9 Å². The molecule has 2 rings (SSSR count). The summed E-state index contributed by atoms with van der Waals surface area (Å²) in [5.74, 6) is -1.18. The number of fused-ring (bicyclic) bond motifs is 1. The minimum Gasteiger partial charge on any atom is -0.463 e. The van der Waals surface area contributed by atoms with Gasteiger partial charge in [-0.25, -0.2) is 4.79 Å². The van der Waals surface area contributed by atoms with Crippen LogP contribution < -0.4 is 0 Å². The molecule has 0 spiro atoms. The molecule has 3 atom stereocenters. The van der Waals surface area contributed by atoms with Gasteiger partial charge in [0.1, 0.15) is 18.0 Å². The first-order valence-electron chi connectivity index (χ1n) is 6.12. The van der Waals surface area contributed by atoms with E-state index in [2.05, 4.69) is 6.58 Å². The van der Waals surface area contributed by atoms with Crippen molar-refractivity contribution in [2.75, 3.05) is 6.61 Å². The number of rotatable bonds is 4. The van der Waals surface area contributed by atoms with Crippen molar-refractivity contribution in [1.82, 2.24) is 0 Å². The van der Waals surface area contributed by atoms with E-state index < -0.39 is 30.3 Å². The molecule has 6 nitrogen and oxygen atoms in total. The Hall–Kier alpha value is -1.37. The van der Waals surface area contributed by atoms with Crippen molar-refractivity contribution in [3.05, 3.63) is 24.0 Å². The van der Waals surface area contributed by atoms with Crippen LogP contribution in [-0.2, 0) is 23.7 Å². The Morgan fingerprint density at radius 1 is 1.58 bits per heavy atom. The highest BCUT2D eigenvalue weighted by Crippen LogP contribution is 2.36. The van der Waals surface area contributed by atoms with Crippen LogP contribution in [0.4, 0.5) is 0 Å². The molecule has 0 aliphatic carbocycles. The fourth-order valence-corrected chi connectivity index (χ4v) is 1.96. The van der Waals surface area contributed by atoms with Gasteiger partial charge in [0, 0.05) is 0 Å². The number of aliphatic hydroxyl groups excluding tert-OH is 1. The number of hydrogen-bond acceptors (Lipinski definition) is 6. The second kappa shape index (κ2) is 4.96. The highest BCUT2D eigenvalue weighted by Gasteiger charge is 2.47. The lowest BCUT2D eigenvalue weighted by Crippen LogP contribution is -2.26. The lowest BCUT2D eigenvalue weighted by Gasteiger charge is -2.20. The molecular formula is C13H18O6. The number of aliphatic hydroxyl groups is 1. The van der Waals surface area contributed by atoms with Crippen molar-refractivity contribution in [1.29, 1.82) is 0 Å². The van der Waals surface area contributed by atoms with Gasteiger partial charge in [0.25, 0.3) is 0 Å². The zero-order chi connectivity index (χ0) is 14.2. The van der Waals surface area contributed by atoms with Gasteiger partial charge in [-0.3, -0.25) is 0 Å². The summed E-state index contributed by atoms with van der Waals surface area (Å²) in [6, 6.07) is 0. The standard InChI is InChI=1S/C13H18O6/c1-5-16-11(15)7(2)10(14)8-6-9-12(17-8)19-13(3,4)18-9/h6,9-10,12,14H,2,5H2,1,3-4H3/t9-,10?,12-/m1/s1. The quantitative estimate of drug-likeness (QED) is 0.603. The van der Waals surface area contributed by atoms with Gasteiger partial charge in [0.05, 0.1) is 12.2 Å². The minimum absolute atomic E-state index is 0.0765. The Kier molecular flexibility index (Phi) is 3.66. The number of ether oxygens (including phenoxy) is 4. The molecule has 0 aromatic heterocycles. The van der Waals surface area contributed by atoms with E-state index in [-0.39, 0.29) is 17.9 Å². The smallest absolute Gasteiger partial charge is 0.336 e. The lowest BCUT2D eigenvalue weighted by molar-refractivity contribution is -0.184. The highest BCUT2D eigenvalue weighted by atomic mass is 16.8. The maximum atomic E-state index is 11.5. The van der Waals surface area contributed by atoms with E-state index in [0.29, 0.717) is 0 Å². The number of esters is 1. The summed E-state index contributed by atoms with van der Waals surface area (Å²) in [5, 5.41) is 10.00. The normalized spacial score (nSPS) is 29.2. The summed E-state index contributed by atoms with van der Waals surface area (Å²) in [5.41, 5.74) is -0.0765. The largest absolute Gasteiger partial charge is 0.463 e. The van der Waals surface area contributed by atoms with Crippen LogP contribution in [0.1, 0.15) is 20.8 Å². The Labute approximate surface area is 111 Å². The van der Waals surface area contributed by atoms with Crippen molar-refractivity contribution in [2.45, 2.75) is 45.1 Å². The fraction of sp³-hybridized carbons (Fsp3) is 0.615. The van der Waals surface area contributed by atoms with Crippen molar-refractivity contribution in [3.8, 4) is 0 Å². The van der Waals surface area contributed by atoms with Crippen LogP contribution in [0.5, 0.6) is 0 Å². The first kappa shape index (κ1) is 14.0. The van der Waals surface area contributed by atoms with E-state index in [1.807, 2.05) is 0 Å². The molecule has 106 valence electrons. The molecule has 2 aliphatic heterocycles. The number of hydrogen-bond donors (Lipinski definition) is 1. The number of carbonyl (C=O) groups excluding carboxylic acids is 1. The van der Waals surface area contributed by atoms with E-state index in [1.165, 1.54) is 0 Å². The van der Waals surface area contributed by atoms with E-state index in [0.717, 1.165) is 0 Å². The topological polar surface area (TPSA) is 74.2 Å². The average molecular weight is 270 g/mol. The molecule has 1 unspecified atom stereocenters. The maximum absolute atomic E-state index is 11.5. The molecule has 19 heavy (non-hydrogen) atoms. The summed E-state index contributed by atoms with van der Waals surface area (Å²) in [7, 11) is 0. The van der Waals surface area contributed by atoms with Crippen LogP contribution >= 0.6 is 0 Å². The van der Waals surface area contributed by atoms with Crippen LogP contribution in [-0.4, -0.2) is 42.0 Å². The predicted octanol–water partition coefficient (Wildman–Crippen LogP) is 0.858. The molecule has 0 amide bonds. The van der Waals surface area contributed by atoms with Crippen molar-refractivity contribution in [2.24, 2.45) is 0 Å². The van der Waals surface area contributed by atoms with Gasteiger partial charge >= 0.3 is 5.97 Å². The minimum atomic E-state index is -1.25. The van der Waals surface area contributed by atoms with Crippen LogP contribution in [0.15, 0.2) is 24.0 Å². The summed E-state index contributed by atoms with van der Waals surface area (Å²) >= 11 is 0. The van der Waals surface area contributed by atoms with Crippen LogP contribution in [0.3, 0.4) is 0 Å². The zero-order valence-electron chi connectivity index (χ0n) is 11.2. The van der Waals surface area contributed by atoms with Gasteiger partial charge in [0.2, 0.25) is 6.29 Å². The molecule has 2 heterocycles. The molecule has 1 saturated heterocycles. The molecule has 0 aromatic rings. The molecule has 6 heteroatoms. The van der Waals surface area contributed by atoms with Crippen LogP contribution in [0.25, 0.3) is 0 Å². The third-order valence-electron chi connectivity index (χ3n) is 2.81. The molecule has 0 radical (unpaired) electrons. The van der Waals surface area contributed by atoms with Gasteiger partial charge < -0.3 is 24.1 Å². The third kappa shape index (κ3) is 2.80. The fourth-order valence-electron chi connectivity index (χ4n) is 1.96. The first-order chi connectivity index (χ1) is 8.84. The Balaban J connectivity index is 2.01. The van der Waals surface area contributed by atoms with Gasteiger partial charge in [0.15, 0.2) is 5.79 Å². The molecule has 2 aliphatic rings. The SMILES string of the molecule is C=C(C(=O)OCC)C(O)C1=C[C@H]2OC(C)(C)O[C@H]2O1. The van der Waals surface area contributed by atoms with Gasteiger partial charge in [-0.05, 0) is 26.8 Å². The van der Waals surface area contributed by atoms with E-state index >= 15 is 0 Å². The predicted molar refractivity (Wildman–Crippen MR) is 64.8 cm³/mol. The van der Waals surface area contributed by atoms with E-state index in [9.17, 15) is 9.90 Å². The Morgan fingerprint density at radius 3 is 2.84 bits per heavy atom. The Morgan fingerprint density at radius 2 is 2.26 bits per heavy atom. The van der Waals surface area contributed by atoms with Gasteiger partial charge in [-0.2, -0.15) is 0 Å².